The van der Waals surface area contributed by atoms with Crippen molar-refractivity contribution in [2.75, 3.05) is 26.2 Å². The lowest BCUT2D eigenvalue weighted by Crippen LogP contribution is -2.50. The largest absolute Gasteiger partial charge is 0.459 e. The lowest BCUT2D eigenvalue weighted by molar-refractivity contribution is 0.0515. The summed E-state index contributed by atoms with van der Waals surface area (Å²) in [6.07, 6.45) is 1.47. The SMILES string of the molecule is O=C(c1cc(-c2cccc(Cl)c2)n[nH]1)N1CCN(C(=O)c2ccco2)CC1. The average Bonchev–Trinajstić information content (AvgIpc) is 3.39. The van der Waals surface area contributed by atoms with E-state index in [1.54, 1.807) is 40.1 Å². The van der Waals surface area contributed by atoms with Crippen LogP contribution in [-0.2, 0) is 0 Å². The Morgan fingerprint density at radius 2 is 1.74 bits per heavy atom. The van der Waals surface area contributed by atoms with Crippen LogP contribution in [0.3, 0.4) is 0 Å². The molecule has 0 aliphatic carbocycles. The van der Waals surface area contributed by atoms with Gasteiger partial charge in [0.25, 0.3) is 11.8 Å². The second kappa shape index (κ2) is 7.28. The molecular formula is C19H17ClN4O3. The van der Waals surface area contributed by atoms with Crippen LogP contribution in [-0.4, -0.2) is 58.0 Å². The molecule has 0 unspecified atom stereocenters. The Morgan fingerprint density at radius 3 is 2.41 bits per heavy atom. The van der Waals surface area contributed by atoms with Gasteiger partial charge < -0.3 is 14.2 Å². The minimum atomic E-state index is -0.156. The molecule has 0 radical (unpaired) electrons. The molecule has 0 bridgehead atoms. The maximum absolute atomic E-state index is 12.7. The molecule has 1 fully saturated rings. The number of H-pyrrole nitrogens is 1. The first-order valence-corrected chi connectivity index (χ1v) is 8.93. The van der Waals surface area contributed by atoms with Gasteiger partial charge in [-0.1, -0.05) is 23.7 Å². The van der Waals surface area contributed by atoms with Crippen molar-refractivity contribution in [2.24, 2.45) is 0 Å². The van der Waals surface area contributed by atoms with Gasteiger partial charge in [0.1, 0.15) is 5.69 Å². The number of carbonyl (C=O) groups is 2. The van der Waals surface area contributed by atoms with E-state index in [0.717, 1.165) is 5.56 Å². The number of amides is 2. The van der Waals surface area contributed by atoms with Crippen LogP contribution < -0.4 is 0 Å². The van der Waals surface area contributed by atoms with Crippen LogP contribution in [0.4, 0.5) is 0 Å². The molecule has 3 heterocycles. The van der Waals surface area contributed by atoms with Crippen molar-refractivity contribution >= 4 is 23.4 Å². The van der Waals surface area contributed by atoms with Gasteiger partial charge in [-0.15, -0.1) is 0 Å². The molecule has 1 saturated heterocycles. The molecule has 2 amide bonds. The highest BCUT2D eigenvalue weighted by atomic mass is 35.5. The van der Waals surface area contributed by atoms with Gasteiger partial charge in [-0.25, -0.2) is 0 Å². The van der Waals surface area contributed by atoms with Crippen molar-refractivity contribution in [1.29, 1.82) is 0 Å². The van der Waals surface area contributed by atoms with Gasteiger partial charge in [0.2, 0.25) is 0 Å². The topological polar surface area (TPSA) is 82.4 Å². The fourth-order valence-electron chi connectivity index (χ4n) is 3.07. The molecule has 0 spiro atoms. The minimum absolute atomic E-state index is 0.138. The summed E-state index contributed by atoms with van der Waals surface area (Å²) in [6, 6.07) is 12.3. The van der Waals surface area contributed by atoms with E-state index in [9.17, 15) is 9.59 Å². The zero-order chi connectivity index (χ0) is 18.8. The number of nitrogens with one attached hydrogen (secondary N) is 1. The predicted molar refractivity (Wildman–Crippen MR) is 99.5 cm³/mol. The predicted octanol–water partition coefficient (Wildman–Crippen LogP) is 2.92. The zero-order valence-corrected chi connectivity index (χ0v) is 15.1. The summed E-state index contributed by atoms with van der Waals surface area (Å²) in [5.41, 5.74) is 1.91. The van der Waals surface area contributed by atoms with Crippen LogP contribution >= 0.6 is 11.6 Å². The molecule has 138 valence electrons. The number of nitrogens with zero attached hydrogens (tertiary/aromatic N) is 3. The van der Waals surface area contributed by atoms with E-state index in [1.807, 2.05) is 12.1 Å². The maximum Gasteiger partial charge on any atom is 0.289 e. The Balaban J connectivity index is 1.40. The van der Waals surface area contributed by atoms with Gasteiger partial charge in [-0.05, 0) is 30.3 Å². The fourth-order valence-corrected chi connectivity index (χ4v) is 3.26. The number of hydrogen-bond donors (Lipinski definition) is 1. The molecular weight excluding hydrogens is 368 g/mol. The highest BCUT2D eigenvalue weighted by Crippen LogP contribution is 2.22. The molecule has 7 nitrogen and oxygen atoms in total. The number of aromatic nitrogens is 2. The van der Waals surface area contributed by atoms with E-state index < -0.39 is 0 Å². The molecule has 27 heavy (non-hydrogen) atoms. The summed E-state index contributed by atoms with van der Waals surface area (Å²) >= 11 is 6.01. The molecule has 1 aliphatic heterocycles. The number of piperazine rings is 1. The maximum atomic E-state index is 12.7. The fraction of sp³-hybridized carbons (Fsp3) is 0.211. The zero-order valence-electron chi connectivity index (χ0n) is 14.4. The Bertz CT molecular complexity index is 959. The van der Waals surface area contributed by atoms with Crippen molar-refractivity contribution in [1.82, 2.24) is 20.0 Å². The summed E-state index contributed by atoms with van der Waals surface area (Å²) in [5, 5.41) is 7.62. The third-order valence-corrected chi connectivity index (χ3v) is 4.75. The van der Waals surface area contributed by atoms with Gasteiger partial charge in [-0.2, -0.15) is 5.10 Å². The number of halogens is 1. The van der Waals surface area contributed by atoms with Gasteiger partial charge in [-0.3, -0.25) is 14.7 Å². The normalized spacial score (nSPS) is 14.4. The van der Waals surface area contributed by atoms with Crippen molar-refractivity contribution in [2.45, 2.75) is 0 Å². The van der Waals surface area contributed by atoms with Crippen LogP contribution in [0.5, 0.6) is 0 Å². The molecule has 0 saturated carbocycles. The van der Waals surface area contributed by atoms with Crippen LogP contribution in [0, 0.1) is 0 Å². The summed E-state index contributed by atoms with van der Waals surface area (Å²) < 4.78 is 5.15. The summed E-state index contributed by atoms with van der Waals surface area (Å²) in [6.45, 7) is 1.83. The van der Waals surface area contributed by atoms with Gasteiger partial charge >= 0.3 is 0 Å². The molecule has 4 rings (SSSR count). The number of benzene rings is 1. The van der Waals surface area contributed by atoms with E-state index in [2.05, 4.69) is 10.2 Å². The molecule has 0 atom stereocenters. The van der Waals surface area contributed by atoms with Gasteiger partial charge in [0, 0.05) is 36.8 Å². The number of aromatic amines is 1. The van der Waals surface area contributed by atoms with E-state index in [0.29, 0.717) is 48.3 Å². The van der Waals surface area contributed by atoms with Crippen molar-refractivity contribution in [3.63, 3.8) is 0 Å². The smallest absolute Gasteiger partial charge is 0.289 e. The lowest BCUT2D eigenvalue weighted by atomic mass is 10.1. The minimum Gasteiger partial charge on any atom is -0.459 e. The first-order chi connectivity index (χ1) is 13.1. The first kappa shape index (κ1) is 17.4. The number of hydrogen-bond acceptors (Lipinski definition) is 4. The van der Waals surface area contributed by atoms with Crippen molar-refractivity contribution in [3.8, 4) is 11.3 Å². The second-order valence-corrected chi connectivity index (χ2v) is 6.68. The third-order valence-electron chi connectivity index (χ3n) is 4.51. The number of furan rings is 1. The highest BCUT2D eigenvalue weighted by molar-refractivity contribution is 6.30. The summed E-state index contributed by atoms with van der Waals surface area (Å²) in [4.78, 5) is 28.4. The molecule has 1 N–H and O–H groups in total. The Hall–Kier alpha value is -3.06. The van der Waals surface area contributed by atoms with Crippen LogP contribution in [0.1, 0.15) is 21.0 Å². The lowest BCUT2D eigenvalue weighted by Gasteiger charge is -2.34. The van der Waals surface area contributed by atoms with E-state index in [-0.39, 0.29) is 11.8 Å². The van der Waals surface area contributed by atoms with E-state index in [4.69, 9.17) is 16.0 Å². The van der Waals surface area contributed by atoms with Crippen LogP contribution in [0.15, 0.2) is 53.1 Å². The Labute approximate surface area is 160 Å². The standard InChI is InChI=1S/C19H17ClN4O3/c20-14-4-1-3-13(11-14)15-12-16(22-21-15)18(25)23-6-8-24(9-7-23)19(26)17-5-2-10-27-17/h1-5,10-12H,6-9H2,(H,21,22). The van der Waals surface area contributed by atoms with Crippen molar-refractivity contribution < 1.29 is 14.0 Å². The first-order valence-electron chi connectivity index (χ1n) is 8.55. The third kappa shape index (κ3) is 3.59. The van der Waals surface area contributed by atoms with E-state index in [1.165, 1.54) is 6.26 Å². The summed E-state index contributed by atoms with van der Waals surface area (Å²) in [5.74, 6) is 0.0206. The molecule has 1 aliphatic rings. The molecule has 2 aromatic heterocycles. The van der Waals surface area contributed by atoms with Crippen LogP contribution in [0.25, 0.3) is 11.3 Å². The summed E-state index contributed by atoms with van der Waals surface area (Å²) in [7, 11) is 0. The quantitative estimate of drug-likeness (QED) is 0.752. The molecule has 8 heteroatoms. The monoisotopic (exact) mass is 384 g/mol. The molecule has 3 aromatic rings. The van der Waals surface area contributed by atoms with Gasteiger partial charge in [0.05, 0.1) is 12.0 Å². The van der Waals surface area contributed by atoms with E-state index >= 15 is 0 Å². The van der Waals surface area contributed by atoms with Gasteiger partial charge in [0.15, 0.2) is 5.76 Å². The molecule has 1 aromatic carbocycles. The average molecular weight is 385 g/mol. The van der Waals surface area contributed by atoms with Crippen LogP contribution in [0.2, 0.25) is 5.02 Å². The highest BCUT2D eigenvalue weighted by Gasteiger charge is 2.27. The second-order valence-electron chi connectivity index (χ2n) is 6.24. The number of rotatable bonds is 3. The Morgan fingerprint density at radius 1 is 1.00 bits per heavy atom. The van der Waals surface area contributed by atoms with Crippen molar-refractivity contribution in [3.05, 3.63) is 65.2 Å². The number of carbonyl (C=O) groups excluding carboxylic acids is 2. The Kier molecular flexibility index (Phi) is 4.68.